The molecule has 0 aromatic heterocycles. The number of carbonyl (C=O) groups excluding carboxylic acids is 1. The lowest BCUT2D eigenvalue weighted by Crippen LogP contribution is -2.30. The number of amides is 1. The number of aliphatic carboxylic acids is 1. The molecule has 0 radical (unpaired) electrons. The molecule has 0 aliphatic heterocycles. The number of carboxylic acids is 1. The van der Waals surface area contributed by atoms with Gasteiger partial charge in [0.1, 0.15) is 6.04 Å². The van der Waals surface area contributed by atoms with Crippen molar-refractivity contribution >= 4 is 23.3 Å². The molecule has 0 bridgehead atoms. The molecule has 20 heavy (non-hydrogen) atoms. The summed E-state index contributed by atoms with van der Waals surface area (Å²) in [4.78, 5) is 22.3. The quantitative estimate of drug-likeness (QED) is 0.355. The van der Waals surface area contributed by atoms with Crippen molar-refractivity contribution in [2.45, 2.75) is 25.3 Å². The van der Waals surface area contributed by atoms with Crippen LogP contribution in [-0.4, -0.2) is 29.6 Å². The van der Waals surface area contributed by atoms with E-state index in [4.69, 9.17) is 22.3 Å². The normalized spacial score (nSPS) is 11.8. The summed E-state index contributed by atoms with van der Waals surface area (Å²) >= 11 is 0. The molecule has 110 valence electrons. The van der Waals surface area contributed by atoms with Crippen LogP contribution < -0.4 is 22.5 Å². The van der Waals surface area contributed by atoms with Gasteiger partial charge in [-0.05, 0) is 37.5 Å². The highest BCUT2D eigenvalue weighted by molar-refractivity contribution is 5.95. The van der Waals surface area contributed by atoms with E-state index in [9.17, 15) is 9.59 Å². The smallest absolute Gasteiger partial charge is 0.320 e. The molecule has 1 aromatic rings. The van der Waals surface area contributed by atoms with Crippen molar-refractivity contribution in [1.29, 1.82) is 0 Å². The SMILES string of the molecule is Nc1ccc(C(=O)NCCCCC(N)C(=O)O)cc1N. The maximum Gasteiger partial charge on any atom is 0.320 e. The molecule has 1 unspecified atom stereocenters. The van der Waals surface area contributed by atoms with Gasteiger partial charge in [0.15, 0.2) is 0 Å². The van der Waals surface area contributed by atoms with Crippen LogP contribution in [0.1, 0.15) is 29.6 Å². The van der Waals surface area contributed by atoms with Crippen molar-refractivity contribution in [2.75, 3.05) is 18.0 Å². The van der Waals surface area contributed by atoms with Gasteiger partial charge in [-0.2, -0.15) is 0 Å². The van der Waals surface area contributed by atoms with Crippen molar-refractivity contribution in [3.8, 4) is 0 Å². The highest BCUT2D eigenvalue weighted by atomic mass is 16.4. The maximum absolute atomic E-state index is 11.8. The minimum absolute atomic E-state index is 0.237. The largest absolute Gasteiger partial charge is 0.480 e. The van der Waals surface area contributed by atoms with Crippen LogP contribution >= 0.6 is 0 Å². The zero-order valence-corrected chi connectivity index (χ0v) is 11.1. The number of carboxylic acid groups (broad SMARTS) is 1. The molecule has 1 amide bonds. The molecule has 0 saturated heterocycles. The number of hydrogen-bond acceptors (Lipinski definition) is 5. The fourth-order valence-electron chi connectivity index (χ4n) is 1.63. The lowest BCUT2D eigenvalue weighted by atomic mass is 10.1. The van der Waals surface area contributed by atoms with Gasteiger partial charge in [-0.15, -0.1) is 0 Å². The molecule has 0 aliphatic rings. The molecule has 0 aliphatic carbocycles. The van der Waals surface area contributed by atoms with Crippen molar-refractivity contribution in [1.82, 2.24) is 5.32 Å². The van der Waals surface area contributed by atoms with Gasteiger partial charge in [0, 0.05) is 12.1 Å². The van der Waals surface area contributed by atoms with E-state index in [-0.39, 0.29) is 5.91 Å². The van der Waals surface area contributed by atoms with E-state index >= 15 is 0 Å². The van der Waals surface area contributed by atoms with Crippen LogP contribution in [0, 0.1) is 0 Å². The second kappa shape index (κ2) is 7.34. The third kappa shape index (κ3) is 4.77. The Hall–Kier alpha value is -2.28. The topological polar surface area (TPSA) is 144 Å². The first kappa shape index (κ1) is 15.8. The van der Waals surface area contributed by atoms with E-state index in [0.29, 0.717) is 42.7 Å². The van der Waals surface area contributed by atoms with Gasteiger partial charge < -0.3 is 27.6 Å². The Kier molecular flexibility index (Phi) is 5.79. The van der Waals surface area contributed by atoms with Crippen LogP contribution in [0.25, 0.3) is 0 Å². The predicted octanol–water partition coefficient (Wildman–Crippen LogP) is 0.163. The summed E-state index contributed by atoms with van der Waals surface area (Å²) in [6.07, 6.45) is 1.69. The average Bonchev–Trinajstić information content (AvgIpc) is 2.40. The first-order chi connectivity index (χ1) is 9.41. The number of carbonyl (C=O) groups is 2. The fraction of sp³-hybridized carbons (Fsp3) is 0.385. The van der Waals surface area contributed by atoms with Crippen molar-refractivity contribution in [3.63, 3.8) is 0 Å². The Labute approximate surface area is 117 Å². The Morgan fingerprint density at radius 1 is 1.20 bits per heavy atom. The maximum atomic E-state index is 11.8. The van der Waals surface area contributed by atoms with E-state index in [0.717, 1.165) is 0 Å². The Morgan fingerprint density at radius 2 is 1.90 bits per heavy atom. The van der Waals surface area contributed by atoms with Crippen LogP contribution in [0.2, 0.25) is 0 Å². The average molecular weight is 280 g/mol. The second-order valence-electron chi connectivity index (χ2n) is 4.54. The number of nitrogens with one attached hydrogen (secondary N) is 1. The number of hydrogen-bond donors (Lipinski definition) is 5. The molecule has 8 N–H and O–H groups in total. The second-order valence-corrected chi connectivity index (χ2v) is 4.54. The number of rotatable bonds is 7. The number of nitrogens with two attached hydrogens (primary N) is 3. The van der Waals surface area contributed by atoms with E-state index in [1.165, 1.54) is 6.07 Å². The lowest BCUT2D eigenvalue weighted by Gasteiger charge is -2.08. The summed E-state index contributed by atoms with van der Waals surface area (Å²) in [7, 11) is 0. The molecule has 1 atom stereocenters. The van der Waals surface area contributed by atoms with Crippen LogP contribution in [0.4, 0.5) is 11.4 Å². The number of unbranched alkanes of at least 4 members (excludes halogenated alkanes) is 1. The molecule has 0 heterocycles. The van der Waals surface area contributed by atoms with Crippen molar-refractivity contribution in [3.05, 3.63) is 23.8 Å². The van der Waals surface area contributed by atoms with Gasteiger partial charge >= 0.3 is 5.97 Å². The third-order valence-corrected chi connectivity index (χ3v) is 2.89. The molecule has 7 nitrogen and oxygen atoms in total. The zero-order valence-electron chi connectivity index (χ0n) is 11.1. The number of anilines is 2. The van der Waals surface area contributed by atoms with E-state index < -0.39 is 12.0 Å². The Bertz CT molecular complexity index is 491. The summed E-state index contributed by atoms with van der Waals surface area (Å²) in [5, 5.41) is 11.3. The Balaban J connectivity index is 2.30. The van der Waals surface area contributed by atoms with Crippen molar-refractivity contribution < 1.29 is 14.7 Å². The summed E-state index contributed by atoms with van der Waals surface area (Å²) in [5.41, 5.74) is 17.8. The summed E-state index contributed by atoms with van der Waals surface area (Å²) < 4.78 is 0. The Morgan fingerprint density at radius 3 is 2.50 bits per heavy atom. The first-order valence-electron chi connectivity index (χ1n) is 6.33. The molecular weight excluding hydrogens is 260 g/mol. The molecule has 0 fully saturated rings. The highest BCUT2D eigenvalue weighted by Gasteiger charge is 2.10. The van der Waals surface area contributed by atoms with E-state index in [1.807, 2.05) is 0 Å². The van der Waals surface area contributed by atoms with E-state index in [1.54, 1.807) is 12.1 Å². The monoisotopic (exact) mass is 280 g/mol. The van der Waals surface area contributed by atoms with Gasteiger partial charge in [-0.3, -0.25) is 9.59 Å². The van der Waals surface area contributed by atoms with Gasteiger partial charge in [-0.25, -0.2) is 0 Å². The minimum atomic E-state index is -1.01. The summed E-state index contributed by atoms with van der Waals surface area (Å²) in [6.45, 7) is 0.454. The van der Waals surface area contributed by atoms with Gasteiger partial charge in [0.25, 0.3) is 5.91 Å². The molecule has 1 rings (SSSR count). The van der Waals surface area contributed by atoms with Gasteiger partial charge in [-0.1, -0.05) is 0 Å². The molecule has 1 aromatic carbocycles. The highest BCUT2D eigenvalue weighted by Crippen LogP contribution is 2.15. The standard InChI is InChI=1S/C13H20N4O3/c14-9-5-4-8(7-11(9)16)12(18)17-6-2-1-3-10(15)13(19)20/h4-5,7,10H,1-3,6,14-16H2,(H,17,18)(H,19,20). The molecule has 0 saturated carbocycles. The van der Waals surface area contributed by atoms with Crippen LogP contribution in [0.5, 0.6) is 0 Å². The van der Waals surface area contributed by atoms with Crippen LogP contribution in [-0.2, 0) is 4.79 Å². The number of nitrogen functional groups attached to an aromatic ring is 2. The van der Waals surface area contributed by atoms with Gasteiger partial charge in [0.2, 0.25) is 0 Å². The summed E-state index contributed by atoms with van der Waals surface area (Å²) in [6, 6.07) is 3.85. The lowest BCUT2D eigenvalue weighted by molar-refractivity contribution is -0.138. The summed E-state index contributed by atoms with van der Waals surface area (Å²) in [5.74, 6) is -1.24. The molecular formula is C13H20N4O3. The number of benzene rings is 1. The fourth-order valence-corrected chi connectivity index (χ4v) is 1.63. The molecule has 7 heteroatoms. The van der Waals surface area contributed by atoms with Crippen molar-refractivity contribution in [2.24, 2.45) is 5.73 Å². The van der Waals surface area contributed by atoms with E-state index in [2.05, 4.69) is 5.32 Å². The van der Waals surface area contributed by atoms with Crippen LogP contribution in [0.3, 0.4) is 0 Å². The first-order valence-corrected chi connectivity index (χ1v) is 6.33. The minimum Gasteiger partial charge on any atom is -0.480 e. The van der Waals surface area contributed by atoms with Crippen LogP contribution in [0.15, 0.2) is 18.2 Å². The predicted molar refractivity (Wildman–Crippen MR) is 77.1 cm³/mol. The zero-order chi connectivity index (χ0) is 15.1. The van der Waals surface area contributed by atoms with Gasteiger partial charge in [0.05, 0.1) is 11.4 Å². The molecule has 0 spiro atoms. The third-order valence-electron chi connectivity index (χ3n) is 2.89.